The number of halogens is 2. The number of nitrogens with zero attached hydrogens (tertiary/aromatic N) is 3. The van der Waals surface area contributed by atoms with Crippen LogP contribution in [0.1, 0.15) is 28.9 Å². The van der Waals surface area contributed by atoms with E-state index in [0.717, 1.165) is 42.7 Å². The molecule has 0 radical (unpaired) electrons. The molecule has 0 aliphatic heterocycles. The Balaban J connectivity index is 0.00000364. The second-order valence-corrected chi connectivity index (χ2v) is 7.39. The summed E-state index contributed by atoms with van der Waals surface area (Å²) in [6, 6.07) is 6.85. The van der Waals surface area contributed by atoms with Crippen LogP contribution in [-0.4, -0.2) is 37.6 Å². The second-order valence-electron chi connectivity index (χ2n) is 6.10. The zero-order valence-electron chi connectivity index (χ0n) is 16.4. The highest BCUT2D eigenvalue weighted by Crippen LogP contribution is 2.17. The van der Waals surface area contributed by atoms with Gasteiger partial charge in [-0.1, -0.05) is 12.1 Å². The van der Waals surface area contributed by atoms with Crippen LogP contribution in [0.2, 0.25) is 0 Å². The highest BCUT2D eigenvalue weighted by Gasteiger charge is 2.07. The van der Waals surface area contributed by atoms with Crippen molar-refractivity contribution in [1.82, 2.24) is 15.6 Å². The maximum absolute atomic E-state index is 13.8. The Morgan fingerprint density at radius 1 is 1.26 bits per heavy atom. The Morgan fingerprint density at radius 3 is 2.63 bits per heavy atom. The number of hydrogen-bond acceptors (Lipinski definition) is 4. The van der Waals surface area contributed by atoms with Crippen molar-refractivity contribution < 1.29 is 4.39 Å². The quantitative estimate of drug-likeness (QED) is 0.246. The number of benzene rings is 1. The third-order valence-corrected chi connectivity index (χ3v) is 5.07. The lowest BCUT2D eigenvalue weighted by atomic mass is 10.2. The van der Waals surface area contributed by atoms with Crippen LogP contribution in [-0.2, 0) is 6.54 Å². The average Bonchev–Trinajstić information content (AvgIpc) is 2.94. The lowest BCUT2D eigenvalue weighted by Gasteiger charge is -2.20. The normalized spacial score (nSPS) is 11.1. The van der Waals surface area contributed by atoms with Crippen molar-refractivity contribution in [3.63, 3.8) is 0 Å². The van der Waals surface area contributed by atoms with E-state index in [-0.39, 0.29) is 29.8 Å². The third kappa shape index (κ3) is 7.61. The zero-order chi connectivity index (χ0) is 18.9. The molecule has 2 N–H and O–H groups in total. The van der Waals surface area contributed by atoms with Crippen LogP contribution in [0.5, 0.6) is 0 Å². The van der Waals surface area contributed by atoms with Gasteiger partial charge in [-0.15, -0.1) is 35.3 Å². The molecular weight excluding hydrogens is 476 g/mol. The molecule has 0 aliphatic rings. The van der Waals surface area contributed by atoms with Crippen LogP contribution >= 0.6 is 35.3 Å². The fourth-order valence-corrected chi connectivity index (χ4v) is 3.36. The zero-order valence-corrected chi connectivity index (χ0v) is 19.5. The number of hydrogen-bond donors (Lipinski definition) is 2. The topological polar surface area (TPSA) is 52.6 Å². The smallest absolute Gasteiger partial charge is 0.191 e. The van der Waals surface area contributed by atoms with Gasteiger partial charge in [0.25, 0.3) is 0 Å². The van der Waals surface area contributed by atoms with Crippen LogP contribution in [0.25, 0.3) is 0 Å². The first kappa shape index (κ1) is 23.6. The molecule has 27 heavy (non-hydrogen) atoms. The molecule has 0 saturated carbocycles. The molecule has 1 aromatic carbocycles. The summed E-state index contributed by atoms with van der Waals surface area (Å²) in [5, 5.41) is 7.60. The van der Waals surface area contributed by atoms with Crippen molar-refractivity contribution in [3.05, 3.63) is 45.7 Å². The summed E-state index contributed by atoms with van der Waals surface area (Å²) in [4.78, 5) is 12.3. The van der Waals surface area contributed by atoms with E-state index in [2.05, 4.69) is 27.5 Å². The maximum atomic E-state index is 13.8. The van der Waals surface area contributed by atoms with Crippen LogP contribution in [0.3, 0.4) is 0 Å². The summed E-state index contributed by atoms with van der Waals surface area (Å²) in [5.41, 5.74) is 1.71. The standard InChI is InChI=1S/C19H28FN5S.HI/c1-5-21-19(23-13-18-24-14(2)15(3)26-18)22-11-8-12-25(4)17-10-7-6-9-16(17)20;/h6-7,9-10H,5,8,11-13H2,1-4H3,(H2,21,22,23);1H. The second kappa shape index (κ2) is 12.1. The van der Waals surface area contributed by atoms with Crippen molar-refractivity contribution in [2.24, 2.45) is 4.99 Å². The van der Waals surface area contributed by atoms with E-state index in [1.807, 2.05) is 31.9 Å². The molecule has 5 nitrogen and oxygen atoms in total. The maximum Gasteiger partial charge on any atom is 0.191 e. The van der Waals surface area contributed by atoms with Crippen molar-refractivity contribution in [3.8, 4) is 0 Å². The molecule has 0 saturated heterocycles. The highest BCUT2D eigenvalue weighted by atomic mass is 127. The molecule has 2 rings (SSSR count). The molecule has 0 fully saturated rings. The molecule has 0 amide bonds. The average molecular weight is 505 g/mol. The van der Waals surface area contributed by atoms with Crippen molar-refractivity contribution in [2.45, 2.75) is 33.7 Å². The van der Waals surface area contributed by atoms with E-state index < -0.39 is 0 Å². The van der Waals surface area contributed by atoms with E-state index in [9.17, 15) is 4.39 Å². The lowest BCUT2D eigenvalue weighted by Crippen LogP contribution is -2.38. The summed E-state index contributed by atoms with van der Waals surface area (Å²) >= 11 is 1.69. The van der Waals surface area contributed by atoms with Gasteiger partial charge in [0.05, 0.1) is 17.9 Å². The van der Waals surface area contributed by atoms with Gasteiger partial charge in [0.15, 0.2) is 5.96 Å². The predicted molar refractivity (Wildman–Crippen MR) is 124 cm³/mol. The molecule has 0 spiro atoms. The number of aliphatic imine (C=N–C) groups is 1. The van der Waals surface area contributed by atoms with Gasteiger partial charge in [-0.25, -0.2) is 14.4 Å². The van der Waals surface area contributed by atoms with Crippen molar-refractivity contribution in [2.75, 3.05) is 31.6 Å². The van der Waals surface area contributed by atoms with Gasteiger partial charge in [0.1, 0.15) is 10.8 Å². The molecule has 150 valence electrons. The lowest BCUT2D eigenvalue weighted by molar-refractivity contribution is 0.619. The Hall–Kier alpha value is -1.42. The highest BCUT2D eigenvalue weighted by molar-refractivity contribution is 14.0. The van der Waals surface area contributed by atoms with Gasteiger partial charge in [-0.05, 0) is 39.3 Å². The molecular formula is C19H29FIN5S. The molecule has 0 aliphatic carbocycles. The van der Waals surface area contributed by atoms with Gasteiger partial charge in [0, 0.05) is 31.6 Å². The Bertz CT molecular complexity index is 715. The number of aryl methyl sites for hydroxylation is 2. The van der Waals surface area contributed by atoms with Gasteiger partial charge in [-0.2, -0.15) is 0 Å². The molecule has 0 unspecified atom stereocenters. The van der Waals surface area contributed by atoms with Crippen LogP contribution in [0.15, 0.2) is 29.3 Å². The Labute approximate surface area is 182 Å². The molecule has 2 aromatic rings. The summed E-state index contributed by atoms with van der Waals surface area (Å²) < 4.78 is 13.8. The molecule has 8 heteroatoms. The minimum Gasteiger partial charge on any atom is -0.372 e. The number of aromatic nitrogens is 1. The monoisotopic (exact) mass is 505 g/mol. The van der Waals surface area contributed by atoms with Crippen LogP contribution in [0.4, 0.5) is 10.1 Å². The molecule has 0 atom stereocenters. The Morgan fingerprint density at radius 2 is 2.00 bits per heavy atom. The molecule has 1 aromatic heterocycles. The van der Waals surface area contributed by atoms with Crippen LogP contribution in [0, 0.1) is 19.7 Å². The number of nitrogens with one attached hydrogen (secondary N) is 2. The van der Waals surface area contributed by atoms with E-state index in [1.54, 1.807) is 23.5 Å². The first-order chi connectivity index (χ1) is 12.5. The van der Waals surface area contributed by atoms with Crippen molar-refractivity contribution in [1.29, 1.82) is 0 Å². The molecule has 1 heterocycles. The summed E-state index contributed by atoms with van der Waals surface area (Å²) in [7, 11) is 1.91. The Kier molecular flexibility index (Phi) is 10.6. The first-order valence-electron chi connectivity index (χ1n) is 8.92. The number of guanidine groups is 1. The van der Waals surface area contributed by atoms with Gasteiger partial charge in [-0.3, -0.25) is 0 Å². The van der Waals surface area contributed by atoms with Crippen LogP contribution < -0.4 is 15.5 Å². The number of rotatable bonds is 8. The predicted octanol–water partition coefficient (Wildman–Crippen LogP) is 4.10. The minimum atomic E-state index is -0.188. The summed E-state index contributed by atoms with van der Waals surface area (Å²) in [5.74, 6) is 0.596. The van der Waals surface area contributed by atoms with Crippen molar-refractivity contribution >= 4 is 47.0 Å². The summed E-state index contributed by atoms with van der Waals surface area (Å²) in [6.45, 7) is 9.05. The van der Waals surface area contributed by atoms with E-state index in [4.69, 9.17) is 0 Å². The number of anilines is 1. The number of para-hydroxylation sites is 1. The van der Waals surface area contributed by atoms with Gasteiger partial charge in [0.2, 0.25) is 0 Å². The van der Waals surface area contributed by atoms with E-state index >= 15 is 0 Å². The van der Waals surface area contributed by atoms with Gasteiger partial charge >= 0.3 is 0 Å². The minimum absolute atomic E-state index is 0. The van der Waals surface area contributed by atoms with Gasteiger partial charge < -0.3 is 15.5 Å². The fourth-order valence-electron chi connectivity index (χ4n) is 2.50. The van der Waals surface area contributed by atoms with E-state index in [1.165, 1.54) is 10.9 Å². The summed E-state index contributed by atoms with van der Waals surface area (Å²) in [6.07, 6.45) is 0.880. The largest absolute Gasteiger partial charge is 0.372 e. The fraction of sp³-hybridized carbons (Fsp3) is 0.474. The van der Waals surface area contributed by atoms with E-state index in [0.29, 0.717) is 12.2 Å². The SMILES string of the molecule is CCNC(=NCc1nc(C)c(C)s1)NCCCN(C)c1ccccc1F.I. The molecule has 0 bridgehead atoms. The first-order valence-corrected chi connectivity index (χ1v) is 9.73. The third-order valence-electron chi connectivity index (χ3n) is 4.02. The number of thiazole rings is 1.